The molecule has 0 spiro atoms. The van der Waals surface area contributed by atoms with Crippen molar-refractivity contribution in [2.24, 2.45) is 0 Å². The van der Waals surface area contributed by atoms with Crippen LogP contribution in [0.2, 0.25) is 0 Å². The molecule has 1 atom stereocenters. The third kappa shape index (κ3) is 6.62. The lowest BCUT2D eigenvalue weighted by atomic mass is 10.1. The van der Waals surface area contributed by atoms with Crippen LogP contribution >= 0.6 is 27.7 Å². The Morgan fingerprint density at radius 3 is 2.76 bits per heavy atom. The summed E-state index contributed by atoms with van der Waals surface area (Å²) in [5.74, 6) is 5.71. The first-order chi connectivity index (χ1) is 16.1. The van der Waals surface area contributed by atoms with Crippen molar-refractivity contribution in [1.29, 1.82) is 0 Å². The highest BCUT2D eigenvalue weighted by atomic mass is 79.9. The Labute approximate surface area is 207 Å². The summed E-state index contributed by atoms with van der Waals surface area (Å²) in [6.45, 7) is 1.82. The molecule has 1 amide bonds. The Morgan fingerprint density at radius 1 is 1.32 bits per heavy atom. The zero-order chi connectivity index (χ0) is 24.9. The van der Waals surface area contributed by atoms with E-state index in [0.29, 0.717) is 27.0 Å². The smallest absolute Gasteiger partial charge is 0.447 e. The zero-order valence-electron chi connectivity index (χ0n) is 18.2. The Bertz CT molecular complexity index is 1250. The summed E-state index contributed by atoms with van der Waals surface area (Å²) < 4.78 is 46.8. The molecule has 0 bridgehead atoms. The van der Waals surface area contributed by atoms with Gasteiger partial charge in [0, 0.05) is 34.5 Å². The van der Waals surface area contributed by atoms with E-state index < -0.39 is 11.6 Å². The molecule has 34 heavy (non-hydrogen) atoms. The second-order valence-corrected chi connectivity index (χ2v) is 9.06. The van der Waals surface area contributed by atoms with Crippen LogP contribution in [0.5, 0.6) is 5.75 Å². The second kappa shape index (κ2) is 11.1. The minimum absolute atomic E-state index is 0.0126. The molecule has 0 saturated carbocycles. The fraction of sp³-hybridized carbons (Fsp3) is 0.261. The van der Waals surface area contributed by atoms with Crippen LogP contribution in [0.3, 0.4) is 0 Å². The quantitative estimate of drug-likeness (QED) is 0.286. The number of halogens is 4. The van der Waals surface area contributed by atoms with Gasteiger partial charge in [-0.3, -0.25) is 4.79 Å². The largest absolute Gasteiger partial charge is 0.495 e. The molecule has 0 fully saturated rings. The number of carbonyl (C=O) groups is 1. The number of aliphatic hydroxyl groups is 1. The highest BCUT2D eigenvalue weighted by Crippen LogP contribution is 2.40. The number of benzene rings is 1. The number of hydrogen-bond donors (Lipinski definition) is 3. The van der Waals surface area contributed by atoms with E-state index >= 15 is 0 Å². The van der Waals surface area contributed by atoms with Crippen LogP contribution < -0.4 is 15.4 Å². The van der Waals surface area contributed by atoms with Crippen molar-refractivity contribution < 1.29 is 27.8 Å². The minimum Gasteiger partial charge on any atom is -0.495 e. The SMILES string of the molecule is COc1cc(C(=O)NC[C@@H](C)O)ccc1NCC#Cc1cc2c(Br)cccn2c1SC(F)(F)F. The lowest BCUT2D eigenvalue weighted by Crippen LogP contribution is -2.30. The van der Waals surface area contributed by atoms with Gasteiger partial charge < -0.3 is 24.9 Å². The summed E-state index contributed by atoms with van der Waals surface area (Å²) in [5, 5.41) is 14.9. The molecule has 1 aromatic carbocycles. The van der Waals surface area contributed by atoms with E-state index in [9.17, 15) is 23.1 Å². The highest BCUT2D eigenvalue weighted by molar-refractivity contribution is 9.10. The van der Waals surface area contributed by atoms with Gasteiger partial charge >= 0.3 is 5.51 Å². The number of aliphatic hydroxyl groups excluding tert-OH is 1. The predicted octanol–water partition coefficient (Wildman–Crippen LogP) is 4.90. The second-order valence-electron chi connectivity index (χ2n) is 7.15. The molecular formula is C23H21BrF3N3O3S. The fourth-order valence-electron chi connectivity index (χ4n) is 3.04. The van der Waals surface area contributed by atoms with Gasteiger partial charge in [0.1, 0.15) is 10.8 Å². The number of nitrogens with zero attached hydrogens (tertiary/aromatic N) is 1. The van der Waals surface area contributed by atoms with Crippen LogP contribution in [0.1, 0.15) is 22.8 Å². The van der Waals surface area contributed by atoms with Gasteiger partial charge in [0.05, 0.1) is 36.5 Å². The Hall–Kier alpha value is -2.81. The number of aromatic nitrogens is 1. The number of anilines is 1. The van der Waals surface area contributed by atoms with Gasteiger partial charge in [-0.2, -0.15) is 13.2 Å². The van der Waals surface area contributed by atoms with Crippen LogP contribution in [0.4, 0.5) is 18.9 Å². The lowest BCUT2D eigenvalue weighted by Gasteiger charge is -2.12. The summed E-state index contributed by atoms with van der Waals surface area (Å²) in [6, 6.07) is 9.78. The maximum Gasteiger partial charge on any atom is 0.447 e. The van der Waals surface area contributed by atoms with Crippen molar-refractivity contribution in [2.75, 3.05) is 25.5 Å². The number of thioether (sulfide) groups is 1. The monoisotopic (exact) mass is 555 g/mol. The molecule has 2 aromatic heterocycles. The number of pyridine rings is 1. The first kappa shape index (κ1) is 25.8. The summed E-state index contributed by atoms with van der Waals surface area (Å²) >= 11 is 3.15. The van der Waals surface area contributed by atoms with E-state index in [4.69, 9.17) is 4.74 Å². The first-order valence-electron chi connectivity index (χ1n) is 10.0. The van der Waals surface area contributed by atoms with Gasteiger partial charge in [0.2, 0.25) is 0 Å². The van der Waals surface area contributed by atoms with E-state index in [-0.39, 0.29) is 41.3 Å². The van der Waals surface area contributed by atoms with Gasteiger partial charge in [-0.25, -0.2) is 0 Å². The molecule has 0 aliphatic rings. The van der Waals surface area contributed by atoms with Crippen LogP contribution in [-0.2, 0) is 0 Å². The Kier molecular flexibility index (Phi) is 8.41. The van der Waals surface area contributed by atoms with Crippen molar-refractivity contribution in [1.82, 2.24) is 9.72 Å². The summed E-state index contributed by atoms with van der Waals surface area (Å²) in [7, 11) is 1.45. The van der Waals surface area contributed by atoms with Crippen molar-refractivity contribution in [3.8, 4) is 17.6 Å². The topological polar surface area (TPSA) is 75.0 Å². The third-order valence-electron chi connectivity index (χ3n) is 4.54. The molecule has 0 saturated heterocycles. The predicted molar refractivity (Wildman–Crippen MR) is 129 cm³/mol. The average molecular weight is 556 g/mol. The van der Waals surface area contributed by atoms with E-state index in [1.165, 1.54) is 11.5 Å². The van der Waals surface area contributed by atoms with Crippen molar-refractivity contribution in [3.05, 3.63) is 58.2 Å². The van der Waals surface area contributed by atoms with E-state index in [1.807, 2.05) is 0 Å². The molecule has 0 unspecified atom stereocenters. The number of hydrogen-bond acceptors (Lipinski definition) is 5. The van der Waals surface area contributed by atoms with Crippen molar-refractivity contribution >= 4 is 44.8 Å². The number of ether oxygens (including phenoxy) is 1. The fourth-order valence-corrected chi connectivity index (χ4v) is 4.20. The molecule has 2 heterocycles. The normalized spacial score (nSPS) is 12.1. The van der Waals surface area contributed by atoms with Gasteiger partial charge in [0.25, 0.3) is 5.91 Å². The van der Waals surface area contributed by atoms with Gasteiger partial charge in [-0.15, -0.1) is 0 Å². The summed E-state index contributed by atoms with van der Waals surface area (Å²) in [5.41, 5.74) is -2.69. The number of carbonyl (C=O) groups excluding carboxylic acids is 1. The molecule has 3 aromatic rings. The van der Waals surface area contributed by atoms with E-state index in [0.717, 1.165) is 0 Å². The standard InChI is InChI=1S/C23H21BrF3N3O3S/c1-14(31)13-29-21(32)15-7-8-18(20(12-15)33-2)28-9-3-5-16-11-19-17(24)6-4-10-30(19)22(16)34-23(25,26)27/h4,6-8,10-12,14,28,31H,9,13H2,1-2H3,(H,29,32)/t14-/m1/s1. The van der Waals surface area contributed by atoms with Gasteiger partial charge in [-0.05, 0) is 59.3 Å². The van der Waals surface area contributed by atoms with Crippen LogP contribution in [0, 0.1) is 11.8 Å². The van der Waals surface area contributed by atoms with Crippen LogP contribution in [-0.4, -0.2) is 47.2 Å². The Morgan fingerprint density at radius 2 is 2.09 bits per heavy atom. The molecule has 0 radical (unpaired) electrons. The number of methoxy groups -OCH3 is 1. The molecular weight excluding hydrogens is 535 g/mol. The van der Waals surface area contributed by atoms with Crippen LogP contribution in [0.15, 0.2) is 52.1 Å². The van der Waals surface area contributed by atoms with E-state index in [2.05, 4.69) is 38.4 Å². The molecule has 3 N–H and O–H groups in total. The molecule has 180 valence electrons. The average Bonchev–Trinajstić information content (AvgIpc) is 3.12. The van der Waals surface area contributed by atoms with Gasteiger partial charge in [0.15, 0.2) is 0 Å². The van der Waals surface area contributed by atoms with Gasteiger partial charge in [-0.1, -0.05) is 11.8 Å². The Balaban J connectivity index is 1.77. The van der Waals surface area contributed by atoms with E-state index in [1.54, 1.807) is 49.5 Å². The number of amides is 1. The highest BCUT2D eigenvalue weighted by Gasteiger charge is 2.32. The van der Waals surface area contributed by atoms with Crippen molar-refractivity contribution in [3.63, 3.8) is 0 Å². The van der Waals surface area contributed by atoms with Crippen LogP contribution in [0.25, 0.3) is 5.52 Å². The van der Waals surface area contributed by atoms with Crippen molar-refractivity contribution in [2.45, 2.75) is 23.6 Å². The third-order valence-corrected chi connectivity index (χ3v) is 6.05. The first-order valence-corrected chi connectivity index (χ1v) is 11.6. The molecule has 6 nitrogen and oxygen atoms in total. The maximum absolute atomic E-state index is 13.1. The zero-order valence-corrected chi connectivity index (χ0v) is 20.6. The lowest BCUT2D eigenvalue weighted by molar-refractivity contribution is -0.0329. The summed E-state index contributed by atoms with van der Waals surface area (Å²) in [4.78, 5) is 12.2. The minimum atomic E-state index is -4.46. The molecule has 0 aliphatic heterocycles. The molecule has 11 heteroatoms. The molecule has 3 rings (SSSR count). The summed E-state index contributed by atoms with van der Waals surface area (Å²) in [6.07, 6.45) is 0.890. The molecule has 0 aliphatic carbocycles. The number of fused-ring (bicyclic) bond motifs is 1. The maximum atomic E-state index is 13.1. The number of nitrogens with one attached hydrogen (secondary N) is 2. The number of rotatable bonds is 7. The number of alkyl halides is 3.